The van der Waals surface area contributed by atoms with Crippen LogP contribution in [0.4, 0.5) is 0 Å². The average molecular weight is 440 g/mol. The van der Waals surface area contributed by atoms with Crippen LogP contribution in [0.5, 0.6) is 0 Å². The topological polar surface area (TPSA) is 65.1 Å². The van der Waals surface area contributed by atoms with Gasteiger partial charge in [-0.2, -0.15) is 5.10 Å². The van der Waals surface area contributed by atoms with Gasteiger partial charge in [0, 0.05) is 44.2 Å². The molecule has 0 saturated carbocycles. The number of aromatic nitrogens is 3. The number of carbonyl (C=O) groups excluding carboxylic acids is 1. The molecule has 2 aromatic carbocycles. The minimum atomic E-state index is 0.0138. The third-order valence-corrected chi connectivity index (χ3v) is 6.56. The Hall–Kier alpha value is -3.51. The number of aromatic amines is 1. The molecule has 33 heavy (non-hydrogen) atoms. The molecule has 1 N–H and O–H groups in total. The highest BCUT2D eigenvalue weighted by atomic mass is 16.2. The van der Waals surface area contributed by atoms with Gasteiger partial charge in [0.25, 0.3) is 5.91 Å². The van der Waals surface area contributed by atoms with Gasteiger partial charge < -0.3 is 4.90 Å². The lowest BCUT2D eigenvalue weighted by Gasteiger charge is -2.33. The summed E-state index contributed by atoms with van der Waals surface area (Å²) < 4.78 is 0. The quantitative estimate of drug-likeness (QED) is 0.477. The first-order valence-electron chi connectivity index (χ1n) is 11.6. The molecule has 2 aromatic heterocycles. The van der Waals surface area contributed by atoms with Gasteiger partial charge in [-0.05, 0) is 42.6 Å². The molecule has 3 heterocycles. The Bertz CT molecular complexity index is 1230. The number of hydrogen-bond donors (Lipinski definition) is 1. The molecule has 4 aromatic rings. The number of benzene rings is 2. The first kappa shape index (κ1) is 21.3. The van der Waals surface area contributed by atoms with E-state index in [0.29, 0.717) is 12.1 Å². The lowest BCUT2D eigenvalue weighted by Crippen LogP contribution is -2.35. The molecule has 1 atom stereocenters. The van der Waals surface area contributed by atoms with Gasteiger partial charge in [-0.15, -0.1) is 0 Å². The Kier molecular flexibility index (Phi) is 6.17. The van der Waals surface area contributed by atoms with E-state index in [1.165, 1.54) is 10.9 Å². The highest BCUT2D eigenvalue weighted by Crippen LogP contribution is 2.30. The van der Waals surface area contributed by atoms with Crippen molar-refractivity contribution in [3.63, 3.8) is 0 Å². The maximum atomic E-state index is 13.2. The SMILES string of the molecule is CN(Cc1ccccc1)C(=O)c1cn[nH]c1C1CCCN(Cc2ccnc3ccccc23)C1. The number of pyridine rings is 1. The highest BCUT2D eigenvalue weighted by molar-refractivity contribution is 5.95. The van der Waals surface area contributed by atoms with E-state index in [9.17, 15) is 4.79 Å². The van der Waals surface area contributed by atoms with E-state index in [-0.39, 0.29) is 11.8 Å². The maximum absolute atomic E-state index is 13.2. The second kappa shape index (κ2) is 9.55. The minimum absolute atomic E-state index is 0.0138. The number of carbonyl (C=O) groups is 1. The Morgan fingerprint density at radius 3 is 2.82 bits per heavy atom. The van der Waals surface area contributed by atoms with Crippen molar-refractivity contribution in [2.45, 2.75) is 31.8 Å². The zero-order valence-electron chi connectivity index (χ0n) is 18.9. The van der Waals surface area contributed by atoms with E-state index >= 15 is 0 Å². The third-order valence-electron chi connectivity index (χ3n) is 6.56. The van der Waals surface area contributed by atoms with Crippen LogP contribution in [0.25, 0.3) is 10.9 Å². The second-order valence-corrected chi connectivity index (χ2v) is 8.91. The van der Waals surface area contributed by atoms with Crippen molar-refractivity contribution >= 4 is 16.8 Å². The molecule has 0 bridgehead atoms. The van der Waals surface area contributed by atoms with Crippen LogP contribution in [0, 0.1) is 0 Å². The molecule has 1 saturated heterocycles. The Balaban J connectivity index is 1.30. The van der Waals surface area contributed by atoms with Crippen molar-refractivity contribution < 1.29 is 4.79 Å². The van der Waals surface area contributed by atoms with Crippen LogP contribution in [0.3, 0.4) is 0 Å². The minimum Gasteiger partial charge on any atom is -0.337 e. The molecule has 1 aliphatic rings. The van der Waals surface area contributed by atoms with E-state index in [0.717, 1.165) is 49.2 Å². The Labute approximate surface area is 194 Å². The number of fused-ring (bicyclic) bond motifs is 1. The normalized spacial score (nSPS) is 16.7. The summed E-state index contributed by atoms with van der Waals surface area (Å²) in [4.78, 5) is 22.0. The number of piperidine rings is 1. The number of rotatable bonds is 6. The van der Waals surface area contributed by atoms with Crippen LogP contribution >= 0.6 is 0 Å². The molecule has 0 aliphatic carbocycles. The van der Waals surface area contributed by atoms with Gasteiger partial charge in [-0.25, -0.2) is 0 Å². The number of H-pyrrole nitrogens is 1. The standard InChI is InChI=1S/C27H29N5O/c1-31(17-20-8-3-2-4-9-20)27(33)24-16-29-30-26(24)22-10-7-15-32(19-22)18-21-13-14-28-25-12-6-5-11-23(21)25/h2-6,8-9,11-14,16,22H,7,10,15,17-19H2,1H3,(H,29,30). The molecule has 5 rings (SSSR count). The molecule has 0 spiro atoms. The zero-order chi connectivity index (χ0) is 22.6. The van der Waals surface area contributed by atoms with Crippen LogP contribution in [-0.4, -0.2) is 51.0 Å². The van der Waals surface area contributed by atoms with Crippen LogP contribution in [0.1, 0.15) is 45.9 Å². The third kappa shape index (κ3) is 4.66. The van der Waals surface area contributed by atoms with Gasteiger partial charge in [-0.1, -0.05) is 48.5 Å². The molecular weight excluding hydrogens is 410 g/mol. The first-order chi connectivity index (χ1) is 16.2. The average Bonchev–Trinajstić information content (AvgIpc) is 3.35. The summed E-state index contributed by atoms with van der Waals surface area (Å²) in [6, 6.07) is 20.5. The predicted octanol–water partition coefficient (Wildman–Crippen LogP) is 4.61. The summed E-state index contributed by atoms with van der Waals surface area (Å²) in [5.41, 5.74) is 5.10. The monoisotopic (exact) mass is 439 g/mol. The van der Waals surface area contributed by atoms with Crippen LogP contribution in [-0.2, 0) is 13.1 Å². The van der Waals surface area contributed by atoms with Crippen molar-refractivity contribution in [2.24, 2.45) is 0 Å². The Morgan fingerprint density at radius 2 is 1.94 bits per heavy atom. The molecule has 1 fully saturated rings. The van der Waals surface area contributed by atoms with Gasteiger partial charge >= 0.3 is 0 Å². The van der Waals surface area contributed by atoms with Crippen LogP contribution in [0.2, 0.25) is 0 Å². The molecular formula is C27H29N5O. The van der Waals surface area contributed by atoms with Gasteiger partial charge in [0.05, 0.1) is 23.0 Å². The summed E-state index contributed by atoms with van der Waals surface area (Å²) in [5.74, 6) is 0.276. The fourth-order valence-corrected chi connectivity index (χ4v) is 4.88. The van der Waals surface area contributed by atoms with E-state index in [1.54, 1.807) is 11.1 Å². The summed E-state index contributed by atoms with van der Waals surface area (Å²) in [7, 11) is 1.85. The molecule has 168 valence electrons. The molecule has 1 amide bonds. The second-order valence-electron chi connectivity index (χ2n) is 8.91. The van der Waals surface area contributed by atoms with Crippen molar-refractivity contribution in [1.82, 2.24) is 25.0 Å². The lowest BCUT2D eigenvalue weighted by molar-refractivity contribution is 0.0782. The predicted molar refractivity (Wildman–Crippen MR) is 130 cm³/mol. The number of nitrogens with one attached hydrogen (secondary N) is 1. The molecule has 1 unspecified atom stereocenters. The molecule has 6 heteroatoms. The fourth-order valence-electron chi connectivity index (χ4n) is 4.88. The highest BCUT2D eigenvalue weighted by Gasteiger charge is 2.28. The van der Waals surface area contributed by atoms with Crippen molar-refractivity contribution in [1.29, 1.82) is 0 Å². The van der Waals surface area contributed by atoms with Crippen LogP contribution in [0.15, 0.2) is 73.1 Å². The number of likely N-dealkylation sites (tertiary alicyclic amines) is 1. The number of amides is 1. The van der Waals surface area contributed by atoms with Crippen molar-refractivity contribution in [3.8, 4) is 0 Å². The number of nitrogens with zero attached hydrogens (tertiary/aromatic N) is 4. The fraction of sp³-hybridized carbons (Fsp3) is 0.296. The number of para-hydroxylation sites is 1. The Morgan fingerprint density at radius 1 is 1.12 bits per heavy atom. The largest absolute Gasteiger partial charge is 0.337 e. The maximum Gasteiger partial charge on any atom is 0.257 e. The molecule has 6 nitrogen and oxygen atoms in total. The van der Waals surface area contributed by atoms with Crippen molar-refractivity contribution in [2.75, 3.05) is 20.1 Å². The lowest BCUT2D eigenvalue weighted by atomic mass is 9.91. The van der Waals surface area contributed by atoms with Crippen molar-refractivity contribution in [3.05, 3.63) is 95.4 Å². The van der Waals surface area contributed by atoms with E-state index in [4.69, 9.17) is 0 Å². The van der Waals surface area contributed by atoms with Gasteiger partial charge in [-0.3, -0.25) is 19.8 Å². The van der Waals surface area contributed by atoms with E-state index in [1.807, 2.05) is 49.6 Å². The van der Waals surface area contributed by atoms with Crippen LogP contribution < -0.4 is 0 Å². The summed E-state index contributed by atoms with van der Waals surface area (Å²) >= 11 is 0. The van der Waals surface area contributed by atoms with E-state index < -0.39 is 0 Å². The molecule has 1 aliphatic heterocycles. The van der Waals surface area contributed by atoms with Gasteiger partial charge in [0.2, 0.25) is 0 Å². The van der Waals surface area contributed by atoms with Gasteiger partial charge in [0.15, 0.2) is 0 Å². The number of hydrogen-bond acceptors (Lipinski definition) is 4. The molecule has 0 radical (unpaired) electrons. The van der Waals surface area contributed by atoms with Gasteiger partial charge in [0.1, 0.15) is 0 Å². The summed E-state index contributed by atoms with van der Waals surface area (Å²) in [6.45, 7) is 3.42. The summed E-state index contributed by atoms with van der Waals surface area (Å²) in [5, 5.41) is 8.62. The summed E-state index contributed by atoms with van der Waals surface area (Å²) in [6.07, 6.45) is 5.74. The van der Waals surface area contributed by atoms with E-state index in [2.05, 4.69) is 44.3 Å². The first-order valence-corrected chi connectivity index (χ1v) is 11.6. The zero-order valence-corrected chi connectivity index (χ0v) is 18.9. The smallest absolute Gasteiger partial charge is 0.257 e.